The average Bonchev–Trinajstić information content (AvgIpc) is 3.26. The van der Waals surface area contributed by atoms with Crippen LogP contribution in [0, 0.1) is 5.92 Å². The predicted octanol–water partition coefficient (Wildman–Crippen LogP) is 2.22. The number of quaternary nitrogens is 1. The van der Waals surface area contributed by atoms with Crippen molar-refractivity contribution in [2.24, 2.45) is 5.92 Å². The number of hydrogen-bond acceptors (Lipinski definition) is 5. The molecule has 0 saturated carbocycles. The fourth-order valence-electron chi connectivity index (χ4n) is 4.53. The molecule has 4 rings (SSSR count). The molecule has 1 aliphatic rings. The van der Waals surface area contributed by atoms with E-state index in [1.807, 2.05) is 22.9 Å². The molecule has 2 heterocycles. The number of methoxy groups -OCH3 is 1. The van der Waals surface area contributed by atoms with E-state index in [0.717, 1.165) is 44.2 Å². The highest BCUT2D eigenvalue weighted by Crippen LogP contribution is 2.27. The van der Waals surface area contributed by atoms with Crippen LogP contribution in [0.3, 0.4) is 0 Å². The van der Waals surface area contributed by atoms with Gasteiger partial charge >= 0.3 is 0 Å². The van der Waals surface area contributed by atoms with E-state index in [1.54, 1.807) is 12.0 Å². The molecule has 0 amide bonds. The van der Waals surface area contributed by atoms with Gasteiger partial charge in [-0.2, -0.15) is 0 Å². The zero-order valence-electron chi connectivity index (χ0n) is 18.7. The molecule has 7 heteroatoms. The predicted molar refractivity (Wildman–Crippen MR) is 121 cm³/mol. The van der Waals surface area contributed by atoms with E-state index in [-0.39, 0.29) is 0 Å². The standard InChI is InChI=1S/C24H32N6O/c1-19(2)17-22(24-25-26-27-30(24)18-20-9-5-4-6-10-20)29-15-13-28(14-16-29)21-11-7-8-12-23(21)31-3/h4-12,19,22H,13-18H2,1-3H3/p+1/t22-/m0/s1. The van der Waals surface area contributed by atoms with Crippen molar-refractivity contribution < 1.29 is 9.64 Å². The summed E-state index contributed by atoms with van der Waals surface area (Å²) < 4.78 is 7.57. The number of benzene rings is 2. The van der Waals surface area contributed by atoms with Crippen molar-refractivity contribution in [3.63, 3.8) is 0 Å². The van der Waals surface area contributed by atoms with Crippen LogP contribution in [0.2, 0.25) is 0 Å². The topological polar surface area (TPSA) is 60.5 Å². The van der Waals surface area contributed by atoms with Gasteiger partial charge < -0.3 is 14.5 Å². The zero-order chi connectivity index (χ0) is 21.6. The molecule has 7 nitrogen and oxygen atoms in total. The Morgan fingerprint density at radius 3 is 2.42 bits per heavy atom. The minimum absolute atomic E-state index is 0.290. The zero-order valence-corrected chi connectivity index (χ0v) is 18.7. The Labute approximate surface area is 184 Å². The summed E-state index contributed by atoms with van der Waals surface area (Å²) in [4.78, 5) is 3.99. The molecule has 2 aromatic carbocycles. The van der Waals surface area contributed by atoms with Gasteiger partial charge in [0.05, 0.1) is 45.5 Å². The molecular weight excluding hydrogens is 388 g/mol. The van der Waals surface area contributed by atoms with Crippen LogP contribution in [-0.4, -0.2) is 53.5 Å². The van der Waals surface area contributed by atoms with E-state index in [4.69, 9.17) is 4.74 Å². The van der Waals surface area contributed by atoms with Gasteiger partial charge in [-0.3, -0.25) is 0 Å². The van der Waals surface area contributed by atoms with Gasteiger partial charge in [-0.15, -0.1) is 5.10 Å². The number of tetrazole rings is 1. The summed E-state index contributed by atoms with van der Waals surface area (Å²) in [7, 11) is 1.74. The lowest BCUT2D eigenvalue weighted by Gasteiger charge is -2.38. The molecule has 0 unspecified atom stereocenters. The Bertz CT molecular complexity index is 949. The summed E-state index contributed by atoms with van der Waals surface area (Å²) in [6, 6.07) is 19.0. The highest BCUT2D eigenvalue weighted by Gasteiger charge is 2.33. The maximum Gasteiger partial charge on any atom is 0.209 e. The Morgan fingerprint density at radius 1 is 1.00 bits per heavy atom. The molecular formula is C24H33N6O+. The summed E-state index contributed by atoms with van der Waals surface area (Å²) in [5, 5.41) is 12.9. The number of anilines is 1. The van der Waals surface area contributed by atoms with Gasteiger partial charge in [-0.25, -0.2) is 4.68 Å². The van der Waals surface area contributed by atoms with Gasteiger partial charge in [0.15, 0.2) is 0 Å². The van der Waals surface area contributed by atoms with E-state index in [0.29, 0.717) is 18.5 Å². The van der Waals surface area contributed by atoms with Crippen LogP contribution in [0.5, 0.6) is 5.75 Å². The quantitative estimate of drug-likeness (QED) is 0.604. The monoisotopic (exact) mass is 421 g/mol. The molecule has 31 heavy (non-hydrogen) atoms. The molecule has 1 N–H and O–H groups in total. The number of nitrogens with one attached hydrogen (secondary N) is 1. The normalized spacial score (nSPS) is 15.9. The summed E-state index contributed by atoms with van der Waals surface area (Å²) in [6.45, 7) is 9.35. The van der Waals surface area contributed by atoms with Gasteiger partial charge in [-0.05, 0) is 34.0 Å². The van der Waals surface area contributed by atoms with E-state index < -0.39 is 0 Å². The van der Waals surface area contributed by atoms with E-state index in [9.17, 15) is 0 Å². The molecule has 1 aliphatic heterocycles. The number of rotatable bonds is 8. The summed E-state index contributed by atoms with van der Waals surface area (Å²) in [5.74, 6) is 2.52. The molecule has 0 spiro atoms. The molecule has 0 bridgehead atoms. The van der Waals surface area contributed by atoms with E-state index in [1.165, 1.54) is 11.3 Å². The summed E-state index contributed by atoms with van der Waals surface area (Å²) in [5.41, 5.74) is 2.40. The van der Waals surface area contributed by atoms with Crippen LogP contribution in [0.1, 0.15) is 37.7 Å². The van der Waals surface area contributed by atoms with Crippen LogP contribution >= 0.6 is 0 Å². The fraction of sp³-hybridized carbons (Fsp3) is 0.458. The van der Waals surface area contributed by atoms with Crippen molar-refractivity contribution >= 4 is 5.69 Å². The molecule has 0 aliphatic carbocycles. The number of hydrogen-bond donors (Lipinski definition) is 1. The smallest absolute Gasteiger partial charge is 0.209 e. The van der Waals surface area contributed by atoms with Crippen LogP contribution in [0.15, 0.2) is 54.6 Å². The first kappa shape index (κ1) is 21.3. The SMILES string of the molecule is COc1ccccc1N1CC[NH+]([C@@H](CC(C)C)c2nnnn2Cc2ccccc2)CC1. The second-order valence-corrected chi connectivity index (χ2v) is 8.68. The van der Waals surface area contributed by atoms with Gasteiger partial charge in [0.1, 0.15) is 11.8 Å². The molecule has 1 aromatic heterocycles. The van der Waals surface area contributed by atoms with Crippen LogP contribution in [-0.2, 0) is 6.54 Å². The maximum absolute atomic E-state index is 5.58. The number of nitrogens with zero attached hydrogens (tertiary/aromatic N) is 5. The lowest BCUT2D eigenvalue weighted by atomic mass is 10.0. The van der Waals surface area contributed by atoms with Crippen molar-refractivity contribution in [2.75, 3.05) is 38.2 Å². The van der Waals surface area contributed by atoms with Gasteiger partial charge in [0.25, 0.3) is 0 Å². The van der Waals surface area contributed by atoms with Crippen LogP contribution in [0.25, 0.3) is 0 Å². The first-order valence-corrected chi connectivity index (χ1v) is 11.2. The maximum atomic E-state index is 5.58. The Kier molecular flexibility index (Phi) is 6.82. The molecule has 1 atom stereocenters. The minimum Gasteiger partial charge on any atom is -0.495 e. The minimum atomic E-state index is 0.290. The van der Waals surface area contributed by atoms with E-state index in [2.05, 4.69) is 70.7 Å². The van der Waals surface area contributed by atoms with Gasteiger partial charge in [0, 0.05) is 6.42 Å². The average molecular weight is 422 g/mol. The van der Waals surface area contributed by atoms with Crippen molar-refractivity contribution in [2.45, 2.75) is 32.9 Å². The Hall–Kier alpha value is -2.93. The molecule has 1 fully saturated rings. The highest BCUT2D eigenvalue weighted by atomic mass is 16.5. The second-order valence-electron chi connectivity index (χ2n) is 8.68. The fourth-order valence-corrected chi connectivity index (χ4v) is 4.53. The third kappa shape index (κ3) is 5.05. The first-order valence-electron chi connectivity index (χ1n) is 11.2. The van der Waals surface area contributed by atoms with E-state index >= 15 is 0 Å². The number of para-hydroxylation sites is 2. The summed E-state index contributed by atoms with van der Waals surface area (Å²) in [6.07, 6.45) is 1.07. The van der Waals surface area contributed by atoms with Crippen molar-refractivity contribution in [3.05, 3.63) is 66.0 Å². The van der Waals surface area contributed by atoms with Crippen LogP contribution in [0.4, 0.5) is 5.69 Å². The molecule has 164 valence electrons. The van der Waals surface area contributed by atoms with Crippen LogP contribution < -0.4 is 14.5 Å². The van der Waals surface area contributed by atoms with Gasteiger partial charge in [-0.1, -0.05) is 56.3 Å². The Balaban J connectivity index is 1.50. The lowest BCUT2D eigenvalue weighted by Crippen LogP contribution is -3.15. The third-order valence-corrected chi connectivity index (χ3v) is 6.08. The Morgan fingerprint density at radius 2 is 1.71 bits per heavy atom. The first-order chi connectivity index (χ1) is 15.2. The summed E-state index contributed by atoms with van der Waals surface area (Å²) >= 11 is 0. The van der Waals surface area contributed by atoms with Crippen molar-refractivity contribution in [1.82, 2.24) is 20.2 Å². The molecule has 1 saturated heterocycles. The van der Waals surface area contributed by atoms with Gasteiger partial charge in [0.2, 0.25) is 5.82 Å². The number of ether oxygens (including phenoxy) is 1. The second kappa shape index (κ2) is 9.92. The molecule has 0 radical (unpaired) electrons. The third-order valence-electron chi connectivity index (χ3n) is 6.08. The number of piperazine rings is 1. The number of aromatic nitrogens is 4. The highest BCUT2D eigenvalue weighted by molar-refractivity contribution is 5.58. The van der Waals surface area contributed by atoms with Crippen molar-refractivity contribution in [3.8, 4) is 5.75 Å². The van der Waals surface area contributed by atoms with Crippen molar-refractivity contribution in [1.29, 1.82) is 0 Å². The molecule has 3 aromatic rings. The largest absolute Gasteiger partial charge is 0.495 e. The lowest BCUT2D eigenvalue weighted by molar-refractivity contribution is -0.934.